The Hall–Kier alpha value is -3.09. The topological polar surface area (TPSA) is 81.5 Å². The highest BCUT2D eigenvalue weighted by molar-refractivity contribution is 6.02. The number of guanidine groups is 1. The molecule has 1 aliphatic rings. The number of halogens is 3. The maximum atomic E-state index is 13.4. The van der Waals surface area contributed by atoms with Crippen LogP contribution in [0.15, 0.2) is 53.5 Å². The van der Waals surface area contributed by atoms with Crippen LogP contribution in [0.1, 0.15) is 39.0 Å². The Labute approximate surface area is 148 Å². The monoisotopic (exact) mass is 359 g/mol. The second kappa shape index (κ2) is 6.67. The molecular formula is C19H16F3N3O. The van der Waals surface area contributed by atoms with Crippen LogP contribution in [-0.4, -0.2) is 11.9 Å². The first kappa shape index (κ1) is 17.7. The van der Waals surface area contributed by atoms with Crippen LogP contribution in [0.3, 0.4) is 0 Å². The molecule has 2 aromatic rings. The molecule has 1 amide bonds. The second-order valence-corrected chi connectivity index (χ2v) is 5.91. The van der Waals surface area contributed by atoms with Gasteiger partial charge in [0.05, 0.1) is 5.56 Å². The van der Waals surface area contributed by atoms with E-state index in [1.165, 1.54) is 12.1 Å². The number of carbonyl (C=O) groups excluding carboxylic acids is 1. The number of fused-ring (bicyclic) bond motifs is 1. The van der Waals surface area contributed by atoms with Gasteiger partial charge in [0.2, 0.25) is 0 Å². The number of carbonyl (C=O) groups is 1. The predicted octanol–water partition coefficient (Wildman–Crippen LogP) is 3.50. The van der Waals surface area contributed by atoms with Gasteiger partial charge in [0, 0.05) is 5.56 Å². The zero-order valence-electron chi connectivity index (χ0n) is 13.7. The first-order valence-corrected chi connectivity index (χ1v) is 7.91. The van der Waals surface area contributed by atoms with E-state index >= 15 is 0 Å². The molecule has 0 saturated heterocycles. The van der Waals surface area contributed by atoms with Crippen molar-refractivity contribution in [2.24, 2.45) is 16.5 Å². The summed E-state index contributed by atoms with van der Waals surface area (Å²) in [4.78, 5) is 15.5. The van der Waals surface area contributed by atoms with Gasteiger partial charge in [-0.25, -0.2) is 0 Å². The summed E-state index contributed by atoms with van der Waals surface area (Å²) in [6, 6.07) is 10.3. The van der Waals surface area contributed by atoms with Crippen LogP contribution in [0.5, 0.6) is 0 Å². The average molecular weight is 359 g/mol. The van der Waals surface area contributed by atoms with Crippen molar-refractivity contribution >= 4 is 17.4 Å². The summed E-state index contributed by atoms with van der Waals surface area (Å²) >= 11 is 0. The van der Waals surface area contributed by atoms with Crippen molar-refractivity contribution in [2.45, 2.75) is 19.0 Å². The van der Waals surface area contributed by atoms with E-state index < -0.39 is 17.6 Å². The number of hydrogen-bond acceptors (Lipinski definition) is 1. The standard InChI is InChI=1S/C19H16F3N3O/c20-19(21,22)16-7-2-1-5-14(16)13-6-3-4-11-8-9-12(10-15(11)13)17(26)25-18(23)24/h1-2,5-10H,3-4H2,(H4,23,24,25,26). The van der Waals surface area contributed by atoms with Gasteiger partial charge in [-0.05, 0) is 53.3 Å². The lowest BCUT2D eigenvalue weighted by Gasteiger charge is -2.21. The minimum Gasteiger partial charge on any atom is -0.370 e. The van der Waals surface area contributed by atoms with E-state index in [2.05, 4.69) is 4.99 Å². The molecule has 0 bridgehead atoms. The smallest absolute Gasteiger partial charge is 0.370 e. The van der Waals surface area contributed by atoms with E-state index in [-0.39, 0.29) is 17.1 Å². The Kier molecular flexibility index (Phi) is 4.54. The lowest BCUT2D eigenvalue weighted by molar-refractivity contribution is -0.137. The van der Waals surface area contributed by atoms with Crippen molar-refractivity contribution in [3.05, 3.63) is 76.4 Å². The van der Waals surface area contributed by atoms with Crippen molar-refractivity contribution in [1.29, 1.82) is 0 Å². The van der Waals surface area contributed by atoms with Crippen LogP contribution in [0, 0.1) is 0 Å². The molecule has 0 spiro atoms. The highest BCUT2D eigenvalue weighted by Gasteiger charge is 2.34. The zero-order chi connectivity index (χ0) is 18.9. The fourth-order valence-corrected chi connectivity index (χ4v) is 3.06. The van der Waals surface area contributed by atoms with Crippen molar-refractivity contribution in [1.82, 2.24) is 0 Å². The molecule has 0 saturated carbocycles. The van der Waals surface area contributed by atoms with E-state index in [9.17, 15) is 18.0 Å². The molecule has 0 heterocycles. The van der Waals surface area contributed by atoms with Crippen LogP contribution in [0.25, 0.3) is 5.57 Å². The fraction of sp³-hybridized carbons (Fsp3) is 0.158. The van der Waals surface area contributed by atoms with Gasteiger partial charge in [0.1, 0.15) is 0 Å². The molecule has 4 N–H and O–H groups in total. The maximum absolute atomic E-state index is 13.4. The molecule has 7 heteroatoms. The third-order valence-corrected chi connectivity index (χ3v) is 4.16. The SMILES string of the molecule is NC(N)=NC(=O)c1ccc2c(c1)C(c1ccccc1C(F)(F)F)=CCC2. The molecule has 0 aromatic heterocycles. The molecule has 3 rings (SSSR count). The first-order valence-electron chi connectivity index (χ1n) is 7.91. The Morgan fingerprint density at radius 1 is 1.04 bits per heavy atom. The van der Waals surface area contributed by atoms with Gasteiger partial charge in [-0.1, -0.05) is 30.3 Å². The van der Waals surface area contributed by atoms with E-state index in [0.29, 0.717) is 24.0 Å². The minimum absolute atomic E-state index is 0.0902. The van der Waals surface area contributed by atoms with Crippen LogP contribution >= 0.6 is 0 Å². The van der Waals surface area contributed by atoms with Gasteiger partial charge in [0.25, 0.3) is 5.91 Å². The number of aliphatic imine (C=N–C) groups is 1. The van der Waals surface area contributed by atoms with Gasteiger partial charge in [0.15, 0.2) is 5.96 Å². The van der Waals surface area contributed by atoms with Crippen LogP contribution in [0.2, 0.25) is 0 Å². The number of amides is 1. The lowest BCUT2D eigenvalue weighted by Crippen LogP contribution is -2.24. The Bertz CT molecular complexity index is 926. The highest BCUT2D eigenvalue weighted by Crippen LogP contribution is 2.39. The van der Waals surface area contributed by atoms with Gasteiger partial charge >= 0.3 is 6.18 Å². The van der Waals surface area contributed by atoms with Crippen LogP contribution in [0.4, 0.5) is 13.2 Å². The predicted molar refractivity (Wildman–Crippen MR) is 93.4 cm³/mol. The summed E-state index contributed by atoms with van der Waals surface area (Å²) in [6.07, 6.45) is -1.40. The van der Waals surface area contributed by atoms with E-state index in [1.807, 2.05) is 0 Å². The minimum atomic E-state index is -4.47. The summed E-state index contributed by atoms with van der Waals surface area (Å²) in [7, 11) is 0. The number of hydrogen-bond donors (Lipinski definition) is 2. The average Bonchev–Trinajstić information content (AvgIpc) is 2.59. The Morgan fingerprint density at radius 2 is 1.77 bits per heavy atom. The van der Waals surface area contributed by atoms with Gasteiger partial charge in [-0.3, -0.25) is 4.79 Å². The molecule has 0 radical (unpaired) electrons. The second-order valence-electron chi connectivity index (χ2n) is 5.91. The van der Waals surface area contributed by atoms with Crippen LogP contribution in [-0.2, 0) is 12.6 Å². The Morgan fingerprint density at radius 3 is 2.46 bits per heavy atom. The Balaban J connectivity index is 2.13. The largest absolute Gasteiger partial charge is 0.417 e. The first-order chi connectivity index (χ1) is 12.3. The highest BCUT2D eigenvalue weighted by atomic mass is 19.4. The summed E-state index contributed by atoms with van der Waals surface area (Å²) in [5.74, 6) is -1.01. The molecular weight excluding hydrogens is 343 g/mol. The summed E-state index contributed by atoms with van der Waals surface area (Å²) < 4.78 is 40.2. The number of benzene rings is 2. The number of rotatable bonds is 2. The van der Waals surface area contributed by atoms with E-state index in [1.54, 1.807) is 30.3 Å². The quantitative estimate of drug-likeness (QED) is 0.636. The van der Waals surface area contributed by atoms with E-state index in [0.717, 1.165) is 11.6 Å². The number of nitrogens with two attached hydrogens (primary N) is 2. The van der Waals surface area contributed by atoms with Crippen molar-refractivity contribution < 1.29 is 18.0 Å². The number of aryl methyl sites for hydroxylation is 1. The maximum Gasteiger partial charge on any atom is 0.417 e. The third kappa shape index (κ3) is 3.46. The van der Waals surface area contributed by atoms with Gasteiger partial charge < -0.3 is 11.5 Å². The van der Waals surface area contributed by atoms with Crippen molar-refractivity contribution in [3.63, 3.8) is 0 Å². The molecule has 2 aromatic carbocycles. The van der Waals surface area contributed by atoms with Crippen LogP contribution < -0.4 is 11.5 Å². The summed E-state index contributed by atoms with van der Waals surface area (Å²) in [5.41, 5.74) is 12.0. The zero-order valence-corrected chi connectivity index (χ0v) is 13.7. The lowest BCUT2D eigenvalue weighted by atomic mass is 9.84. The summed E-state index contributed by atoms with van der Waals surface area (Å²) in [6.45, 7) is 0. The number of allylic oxidation sites excluding steroid dienone is 1. The third-order valence-electron chi connectivity index (χ3n) is 4.16. The summed E-state index contributed by atoms with van der Waals surface area (Å²) in [5, 5.41) is 0. The molecule has 4 nitrogen and oxygen atoms in total. The van der Waals surface area contributed by atoms with E-state index in [4.69, 9.17) is 11.5 Å². The molecule has 134 valence electrons. The van der Waals surface area contributed by atoms with Crippen molar-refractivity contribution in [2.75, 3.05) is 0 Å². The fourth-order valence-electron chi connectivity index (χ4n) is 3.06. The molecule has 0 unspecified atom stereocenters. The molecule has 0 fully saturated rings. The molecule has 26 heavy (non-hydrogen) atoms. The molecule has 1 aliphatic carbocycles. The molecule has 0 aliphatic heterocycles. The van der Waals surface area contributed by atoms with Crippen molar-refractivity contribution in [3.8, 4) is 0 Å². The number of nitrogens with zero attached hydrogens (tertiary/aromatic N) is 1. The molecule has 0 atom stereocenters. The number of alkyl halides is 3. The van der Waals surface area contributed by atoms with Gasteiger partial charge in [-0.15, -0.1) is 0 Å². The van der Waals surface area contributed by atoms with Gasteiger partial charge in [-0.2, -0.15) is 18.2 Å². The normalized spacial score (nSPS) is 13.6.